The summed E-state index contributed by atoms with van der Waals surface area (Å²) in [7, 11) is 1.67. The molecule has 0 bridgehead atoms. The fourth-order valence-corrected chi connectivity index (χ4v) is 0.706. The predicted octanol–water partition coefficient (Wildman–Crippen LogP) is 0.940. The van der Waals surface area contributed by atoms with Crippen molar-refractivity contribution >= 4 is 5.82 Å². The molecule has 0 aliphatic rings. The fourth-order valence-electron chi connectivity index (χ4n) is 0.706. The molecule has 0 spiro atoms. The Hall–Kier alpha value is -1.09. The van der Waals surface area contributed by atoms with Gasteiger partial charge in [0.2, 0.25) is 0 Å². The molecule has 11 heavy (non-hydrogen) atoms. The van der Waals surface area contributed by atoms with Crippen LogP contribution in [0.4, 0.5) is 5.82 Å². The van der Waals surface area contributed by atoms with E-state index in [9.17, 15) is 0 Å². The SMILES string of the molecule is COCCNc1ccc[c]n1. The van der Waals surface area contributed by atoms with Crippen LogP contribution in [-0.2, 0) is 4.74 Å². The lowest BCUT2D eigenvalue weighted by molar-refractivity contribution is 0.210. The highest BCUT2D eigenvalue weighted by Gasteiger charge is 1.88. The van der Waals surface area contributed by atoms with Gasteiger partial charge in [0.25, 0.3) is 0 Å². The Bertz CT molecular complexity index is 189. The van der Waals surface area contributed by atoms with Crippen molar-refractivity contribution in [3.8, 4) is 0 Å². The number of aromatic nitrogens is 1. The zero-order valence-electron chi connectivity index (χ0n) is 6.50. The summed E-state index contributed by atoms with van der Waals surface area (Å²) in [5.41, 5.74) is 0. The summed E-state index contributed by atoms with van der Waals surface area (Å²) < 4.78 is 4.86. The Labute approximate surface area is 66.4 Å². The van der Waals surface area contributed by atoms with Crippen LogP contribution in [0.2, 0.25) is 0 Å². The summed E-state index contributed by atoms with van der Waals surface area (Å²) in [6, 6.07) is 5.55. The predicted molar refractivity (Wildman–Crippen MR) is 43.4 cm³/mol. The van der Waals surface area contributed by atoms with Crippen LogP contribution >= 0.6 is 0 Å². The molecule has 1 aromatic rings. The first-order valence-corrected chi connectivity index (χ1v) is 3.49. The lowest BCUT2D eigenvalue weighted by Crippen LogP contribution is -2.08. The Morgan fingerprint density at radius 2 is 2.64 bits per heavy atom. The first-order valence-electron chi connectivity index (χ1n) is 3.49. The molecule has 0 amide bonds. The summed E-state index contributed by atoms with van der Waals surface area (Å²) in [4.78, 5) is 3.96. The number of nitrogens with zero attached hydrogens (tertiary/aromatic N) is 1. The van der Waals surface area contributed by atoms with Crippen LogP contribution in [0, 0.1) is 6.20 Å². The van der Waals surface area contributed by atoms with E-state index in [0.717, 1.165) is 12.4 Å². The minimum absolute atomic E-state index is 0.691. The third kappa shape index (κ3) is 3.00. The van der Waals surface area contributed by atoms with Crippen LogP contribution in [0.3, 0.4) is 0 Å². The Morgan fingerprint density at radius 3 is 3.27 bits per heavy atom. The second-order valence-electron chi connectivity index (χ2n) is 2.07. The summed E-state index contributed by atoms with van der Waals surface area (Å²) in [6.07, 6.45) is 2.73. The van der Waals surface area contributed by atoms with Crippen LogP contribution in [-0.4, -0.2) is 25.2 Å². The molecule has 0 saturated carbocycles. The van der Waals surface area contributed by atoms with Crippen molar-refractivity contribution < 1.29 is 4.74 Å². The minimum Gasteiger partial charge on any atom is -0.383 e. The largest absolute Gasteiger partial charge is 0.383 e. The van der Waals surface area contributed by atoms with Crippen LogP contribution < -0.4 is 5.32 Å². The van der Waals surface area contributed by atoms with Gasteiger partial charge in [0, 0.05) is 13.7 Å². The Morgan fingerprint density at radius 1 is 1.73 bits per heavy atom. The third-order valence-electron chi connectivity index (χ3n) is 1.22. The Kier molecular flexibility index (Phi) is 3.41. The molecule has 3 nitrogen and oxygen atoms in total. The number of nitrogens with one attached hydrogen (secondary N) is 1. The number of ether oxygens (including phenoxy) is 1. The zero-order valence-corrected chi connectivity index (χ0v) is 6.50. The third-order valence-corrected chi connectivity index (χ3v) is 1.22. The van der Waals surface area contributed by atoms with Crippen LogP contribution in [0.25, 0.3) is 0 Å². The van der Waals surface area contributed by atoms with Gasteiger partial charge in [-0.1, -0.05) is 6.07 Å². The summed E-state index contributed by atoms with van der Waals surface area (Å²) in [5, 5.41) is 3.08. The topological polar surface area (TPSA) is 34.1 Å². The van der Waals surface area contributed by atoms with Gasteiger partial charge in [0.15, 0.2) is 0 Å². The maximum atomic E-state index is 4.86. The molecular formula is C8H11N2O. The lowest BCUT2D eigenvalue weighted by Gasteiger charge is -2.02. The highest BCUT2D eigenvalue weighted by atomic mass is 16.5. The quantitative estimate of drug-likeness (QED) is 0.650. The van der Waals surface area contributed by atoms with Gasteiger partial charge >= 0.3 is 0 Å². The van der Waals surface area contributed by atoms with E-state index in [4.69, 9.17) is 4.74 Å². The van der Waals surface area contributed by atoms with Crippen LogP contribution in [0.5, 0.6) is 0 Å². The van der Waals surface area contributed by atoms with Gasteiger partial charge in [-0.2, -0.15) is 0 Å². The van der Waals surface area contributed by atoms with E-state index in [2.05, 4.69) is 16.5 Å². The average Bonchev–Trinajstić information content (AvgIpc) is 2.07. The molecule has 1 rings (SSSR count). The molecule has 0 aliphatic carbocycles. The molecule has 3 heteroatoms. The number of methoxy groups -OCH3 is 1. The second kappa shape index (κ2) is 4.68. The van der Waals surface area contributed by atoms with E-state index in [1.807, 2.05) is 12.1 Å². The molecule has 0 aromatic carbocycles. The number of anilines is 1. The number of hydrogen-bond donors (Lipinski definition) is 1. The molecule has 59 valence electrons. The van der Waals surface area contributed by atoms with Gasteiger partial charge < -0.3 is 10.1 Å². The summed E-state index contributed by atoms with van der Waals surface area (Å²) in [5.74, 6) is 0.838. The van der Waals surface area contributed by atoms with Crippen molar-refractivity contribution in [2.75, 3.05) is 25.6 Å². The molecule has 0 unspecified atom stereocenters. The van der Waals surface area contributed by atoms with Gasteiger partial charge in [-0.15, -0.1) is 0 Å². The van der Waals surface area contributed by atoms with Crippen molar-refractivity contribution in [2.45, 2.75) is 0 Å². The van der Waals surface area contributed by atoms with E-state index in [-0.39, 0.29) is 0 Å². The minimum atomic E-state index is 0.691. The van der Waals surface area contributed by atoms with Crippen molar-refractivity contribution in [1.82, 2.24) is 4.98 Å². The number of rotatable bonds is 4. The smallest absolute Gasteiger partial charge is 0.126 e. The van der Waals surface area contributed by atoms with Gasteiger partial charge in [-0.3, -0.25) is 0 Å². The molecule has 1 radical (unpaired) electrons. The molecule has 0 saturated heterocycles. The summed E-state index contributed by atoms with van der Waals surface area (Å²) in [6.45, 7) is 1.47. The fraction of sp³-hybridized carbons (Fsp3) is 0.375. The average molecular weight is 151 g/mol. The van der Waals surface area contributed by atoms with Crippen molar-refractivity contribution in [3.05, 3.63) is 24.4 Å². The maximum Gasteiger partial charge on any atom is 0.126 e. The first kappa shape index (κ1) is 8.01. The van der Waals surface area contributed by atoms with Crippen molar-refractivity contribution in [3.63, 3.8) is 0 Å². The van der Waals surface area contributed by atoms with E-state index < -0.39 is 0 Å². The number of pyridine rings is 1. The lowest BCUT2D eigenvalue weighted by atomic mass is 10.4. The Balaban J connectivity index is 2.28. The molecule has 0 atom stereocenters. The normalized spacial score (nSPS) is 9.55. The molecule has 0 aliphatic heterocycles. The maximum absolute atomic E-state index is 4.86. The zero-order chi connectivity index (χ0) is 7.94. The highest BCUT2D eigenvalue weighted by molar-refractivity contribution is 5.32. The van der Waals surface area contributed by atoms with E-state index in [1.165, 1.54) is 0 Å². The molecule has 1 aromatic heterocycles. The standard InChI is InChI=1S/C8H11N2O/c1-11-7-6-10-8-4-2-3-5-9-8/h2-4H,6-7H2,1H3,(H,9,10). The molecule has 0 fully saturated rings. The van der Waals surface area contributed by atoms with E-state index in [0.29, 0.717) is 6.61 Å². The molecule has 1 heterocycles. The van der Waals surface area contributed by atoms with Crippen molar-refractivity contribution in [2.24, 2.45) is 0 Å². The number of hydrogen-bond acceptors (Lipinski definition) is 3. The van der Waals surface area contributed by atoms with Gasteiger partial charge in [-0.25, -0.2) is 4.98 Å². The monoisotopic (exact) mass is 151 g/mol. The molecular weight excluding hydrogens is 140 g/mol. The van der Waals surface area contributed by atoms with Crippen LogP contribution in [0.15, 0.2) is 18.2 Å². The summed E-state index contributed by atoms with van der Waals surface area (Å²) >= 11 is 0. The van der Waals surface area contributed by atoms with E-state index >= 15 is 0 Å². The van der Waals surface area contributed by atoms with Crippen LogP contribution in [0.1, 0.15) is 0 Å². The van der Waals surface area contributed by atoms with Crippen molar-refractivity contribution in [1.29, 1.82) is 0 Å². The first-order chi connectivity index (χ1) is 5.43. The van der Waals surface area contributed by atoms with Gasteiger partial charge in [0.1, 0.15) is 5.82 Å². The molecule has 1 N–H and O–H groups in total. The second-order valence-corrected chi connectivity index (χ2v) is 2.07. The highest BCUT2D eigenvalue weighted by Crippen LogP contribution is 1.97. The van der Waals surface area contributed by atoms with Gasteiger partial charge in [-0.05, 0) is 12.1 Å². The van der Waals surface area contributed by atoms with Gasteiger partial charge in [0.05, 0.1) is 12.8 Å². The van der Waals surface area contributed by atoms with E-state index in [1.54, 1.807) is 13.2 Å².